The third-order valence-electron chi connectivity index (χ3n) is 3.74. The third-order valence-corrected chi connectivity index (χ3v) is 5.62. The largest absolute Gasteiger partial charge is 0.465 e. The zero-order chi connectivity index (χ0) is 15.6. The molecule has 1 aromatic rings. The maximum atomic E-state index is 12.5. The molecule has 0 aromatic heterocycles. The number of aliphatic hydroxyl groups excluding tert-OH is 1. The first kappa shape index (κ1) is 15.9. The lowest BCUT2D eigenvalue weighted by Gasteiger charge is -2.33. The Morgan fingerprint density at radius 1 is 1.33 bits per heavy atom. The quantitative estimate of drug-likeness (QED) is 0.837. The number of carbonyl (C=O) groups is 1. The van der Waals surface area contributed by atoms with Crippen molar-refractivity contribution in [2.75, 3.05) is 20.2 Å². The number of nitrogens with zero attached hydrogens (tertiary/aromatic N) is 1. The monoisotopic (exact) mass is 313 g/mol. The highest BCUT2D eigenvalue weighted by Gasteiger charge is 2.32. The number of sulfonamides is 1. The van der Waals surface area contributed by atoms with Gasteiger partial charge in [-0.2, -0.15) is 4.31 Å². The molecular formula is C14H19NO5S. The number of carbonyl (C=O) groups excluding carboxylic acids is 1. The van der Waals surface area contributed by atoms with Crippen molar-refractivity contribution < 1.29 is 23.1 Å². The van der Waals surface area contributed by atoms with Crippen molar-refractivity contribution >= 4 is 16.0 Å². The number of hydrogen-bond acceptors (Lipinski definition) is 5. The Balaban J connectivity index is 2.22. The predicted molar refractivity (Wildman–Crippen MR) is 76.3 cm³/mol. The number of aliphatic hydroxyl groups is 1. The van der Waals surface area contributed by atoms with Gasteiger partial charge in [-0.15, -0.1) is 0 Å². The minimum Gasteiger partial charge on any atom is -0.465 e. The first-order valence-electron chi connectivity index (χ1n) is 6.73. The maximum absolute atomic E-state index is 12.5. The molecule has 2 unspecified atom stereocenters. The van der Waals surface area contributed by atoms with Gasteiger partial charge in [-0.05, 0) is 36.6 Å². The van der Waals surface area contributed by atoms with E-state index in [4.69, 9.17) is 0 Å². The first-order valence-corrected chi connectivity index (χ1v) is 8.17. The van der Waals surface area contributed by atoms with Gasteiger partial charge in [0.05, 0.1) is 23.7 Å². The van der Waals surface area contributed by atoms with Gasteiger partial charge in [0.25, 0.3) is 0 Å². The van der Waals surface area contributed by atoms with Crippen molar-refractivity contribution in [3.63, 3.8) is 0 Å². The molecule has 7 heteroatoms. The summed E-state index contributed by atoms with van der Waals surface area (Å²) in [7, 11) is -2.33. The van der Waals surface area contributed by atoms with Gasteiger partial charge in [0.2, 0.25) is 10.0 Å². The van der Waals surface area contributed by atoms with Crippen LogP contribution in [0.3, 0.4) is 0 Å². The number of ether oxygens (including phenoxy) is 1. The normalized spacial score (nSPS) is 23.8. The molecule has 116 valence electrons. The third kappa shape index (κ3) is 3.25. The van der Waals surface area contributed by atoms with Crippen LogP contribution in [0, 0.1) is 5.92 Å². The zero-order valence-corrected chi connectivity index (χ0v) is 12.8. The molecule has 2 atom stereocenters. The van der Waals surface area contributed by atoms with Crippen LogP contribution in [0.1, 0.15) is 23.7 Å². The molecule has 6 nitrogen and oxygen atoms in total. The molecule has 0 spiro atoms. The molecule has 0 saturated carbocycles. The Morgan fingerprint density at radius 3 is 2.48 bits per heavy atom. The van der Waals surface area contributed by atoms with Crippen LogP contribution in [0.5, 0.6) is 0 Å². The molecule has 0 bridgehead atoms. The second-order valence-electron chi connectivity index (χ2n) is 5.21. The molecule has 0 aliphatic carbocycles. The van der Waals surface area contributed by atoms with Crippen molar-refractivity contribution in [3.8, 4) is 0 Å². The summed E-state index contributed by atoms with van der Waals surface area (Å²) in [6.07, 6.45) is -0.0289. The van der Waals surface area contributed by atoms with Crippen LogP contribution < -0.4 is 0 Å². The lowest BCUT2D eigenvalue weighted by molar-refractivity contribution is 0.0599. The van der Waals surface area contributed by atoms with E-state index < -0.39 is 22.1 Å². The summed E-state index contributed by atoms with van der Waals surface area (Å²) in [5, 5.41) is 9.68. The zero-order valence-electron chi connectivity index (χ0n) is 12.0. The fourth-order valence-corrected chi connectivity index (χ4v) is 3.90. The smallest absolute Gasteiger partial charge is 0.337 e. The van der Waals surface area contributed by atoms with Gasteiger partial charge in [-0.1, -0.05) is 6.92 Å². The lowest BCUT2D eigenvalue weighted by atomic mass is 9.99. The van der Waals surface area contributed by atoms with E-state index in [1.165, 1.54) is 35.7 Å². The SMILES string of the molecule is COC(=O)c1ccc(S(=O)(=O)N2CCC(O)C(C)C2)cc1. The second-order valence-corrected chi connectivity index (χ2v) is 7.15. The average Bonchev–Trinajstić information content (AvgIpc) is 2.49. The van der Waals surface area contributed by atoms with E-state index >= 15 is 0 Å². The summed E-state index contributed by atoms with van der Waals surface area (Å²) < 4.78 is 31.0. The highest BCUT2D eigenvalue weighted by atomic mass is 32.2. The highest BCUT2D eigenvalue weighted by Crippen LogP contribution is 2.24. The van der Waals surface area contributed by atoms with Crippen molar-refractivity contribution in [1.82, 2.24) is 4.31 Å². The van der Waals surface area contributed by atoms with Crippen LogP contribution >= 0.6 is 0 Å². The molecule has 21 heavy (non-hydrogen) atoms. The van der Waals surface area contributed by atoms with Gasteiger partial charge in [-0.3, -0.25) is 0 Å². The Labute approximate surface area is 124 Å². The average molecular weight is 313 g/mol. The molecule has 0 radical (unpaired) electrons. The van der Waals surface area contributed by atoms with Crippen LogP contribution in [0.25, 0.3) is 0 Å². The second kappa shape index (κ2) is 6.13. The standard InChI is InChI=1S/C14H19NO5S/c1-10-9-15(8-7-13(10)16)21(18,19)12-5-3-11(4-6-12)14(17)20-2/h3-6,10,13,16H,7-9H2,1-2H3. The molecule has 0 amide bonds. The first-order chi connectivity index (χ1) is 9.86. The molecular weight excluding hydrogens is 294 g/mol. The van der Waals surface area contributed by atoms with Crippen LogP contribution in [0.4, 0.5) is 0 Å². The number of piperidine rings is 1. The molecule has 1 aliphatic rings. The number of rotatable bonds is 3. The van der Waals surface area contributed by atoms with Crippen molar-refractivity contribution in [3.05, 3.63) is 29.8 Å². The van der Waals surface area contributed by atoms with Crippen LogP contribution in [-0.4, -0.2) is 50.1 Å². The van der Waals surface area contributed by atoms with E-state index in [-0.39, 0.29) is 10.8 Å². The number of benzene rings is 1. The summed E-state index contributed by atoms with van der Waals surface area (Å²) in [5.41, 5.74) is 0.305. The van der Waals surface area contributed by atoms with Gasteiger partial charge in [0.15, 0.2) is 0 Å². The summed E-state index contributed by atoms with van der Waals surface area (Å²) in [6.45, 7) is 2.42. The topological polar surface area (TPSA) is 83.9 Å². The molecule has 1 aromatic carbocycles. The van der Waals surface area contributed by atoms with Gasteiger partial charge in [0, 0.05) is 13.1 Å². The summed E-state index contributed by atoms with van der Waals surface area (Å²) >= 11 is 0. The van der Waals surface area contributed by atoms with E-state index in [0.29, 0.717) is 25.1 Å². The van der Waals surface area contributed by atoms with Crippen LogP contribution in [0.15, 0.2) is 29.2 Å². The van der Waals surface area contributed by atoms with Gasteiger partial charge in [-0.25, -0.2) is 13.2 Å². The summed E-state index contributed by atoms with van der Waals surface area (Å²) in [4.78, 5) is 11.5. The molecule has 1 saturated heterocycles. The van der Waals surface area contributed by atoms with Crippen molar-refractivity contribution in [1.29, 1.82) is 0 Å². The van der Waals surface area contributed by atoms with E-state index in [0.717, 1.165) is 0 Å². The van der Waals surface area contributed by atoms with Crippen LogP contribution in [-0.2, 0) is 14.8 Å². The molecule has 1 heterocycles. The molecule has 1 fully saturated rings. The fourth-order valence-electron chi connectivity index (χ4n) is 2.34. The number of methoxy groups -OCH3 is 1. The van der Waals surface area contributed by atoms with Gasteiger partial charge in [0.1, 0.15) is 0 Å². The van der Waals surface area contributed by atoms with Crippen molar-refractivity contribution in [2.24, 2.45) is 5.92 Å². The van der Waals surface area contributed by atoms with E-state index in [9.17, 15) is 18.3 Å². The summed E-state index contributed by atoms with van der Waals surface area (Å²) in [5.74, 6) is -0.600. The molecule has 1 aliphatic heterocycles. The Bertz CT molecular complexity index is 611. The molecule has 1 N–H and O–H groups in total. The Hall–Kier alpha value is -1.44. The fraction of sp³-hybridized carbons (Fsp3) is 0.500. The van der Waals surface area contributed by atoms with Crippen molar-refractivity contribution in [2.45, 2.75) is 24.3 Å². The minimum absolute atomic E-state index is 0.0946. The van der Waals surface area contributed by atoms with Gasteiger partial charge >= 0.3 is 5.97 Å². The number of hydrogen-bond donors (Lipinski definition) is 1. The van der Waals surface area contributed by atoms with E-state index in [2.05, 4.69) is 4.74 Å². The lowest BCUT2D eigenvalue weighted by Crippen LogP contribution is -2.44. The van der Waals surface area contributed by atoms with E-state index in [1.54, 1.807) is 0 Å². The minimum atomic E-state index is -3.60. The van der Waals surface area contributed by atoms with Crippen LogP contribution in [0.2, 0.25) is 0 Å². The highest BCUT2D eigenvalue weighted by molar-refractivity contribution is 7.89. The molecule has 2 rings (SSSR count). The maximum Gasteiger partial charge on any atom is 0.337 e. The Morgan fingerprint density at radius 2 is 1.95 bits per heavy atom. The number of esters is 1. The Kier molecular flexibility index (Phi) is 4.65. The van der Waals surface area contributed by atoms with E-state index in [1.807, 2.05) is 6.92 Å². The van der Waals surface area contributed by atoms with Gasteiger partial charge < -0.3 is 9.84 Å². The predicted octanol–water partition coefficient (Wildman–Crippen LogP) is 0.865. The summed E-state index contributed by atoms with van der Waals surface area (Å²) in [6, 6.07) is 5.66.